The van der Waals surface area contributed by atoms with E-state index in [1.165, 1.54) is 9.80 Å². The summed E-state index contributed by atoms with van der Waals surface area (Å²) in [6.45, 7) is 0.0957. The number of likely N-dealkylation sites (N-methyl/N-ethyl adjacent to an activating group) is 2. The third-order valence-electron chi connectivity index (χ3n) is 1.85. The van der Waals surface area contributed by atoms with Crippen LogP contribution in [0.25, 0.3) is 0 Å². The smallest absolute Gasteiger partial charge is 0.241 e. The fourth-order valence-corrected chi connectivity index (χ4v) is 0.854. The second kappa shape index (κ2) is 6.37. The van der Waals surface area contributed by atoms with E-state index in [0.29, 0.717) is 6.42 Å². The van der Waals surface area contributed by atoms with E-state index in [-0.39, 0.29) is 31.4 Å². The molecule has 0 radical (unpaired) electrons. The first-order valence-electron chi connectivity index (χ1n) is 4.54. The molecule has 0 rings (SSSR count). The van der Waals surface area contributed by atoms with Gasteiger partial charge < -0.3 is 14.9 Å². The molecule has 0 bridgehead atoms. The lowest BCUT2D eigenvalue weighted by Crippen LogP contribution is -2.37. The van der Waals surface area contributed by atoms with Crippen molar-refractivity contribution in [3.63, 3.8) is 0 Å². The Kier molecular flexibility index (Phi) is 5.87. The van der Waals surface area contributed by atoms with Gasteiger partial charge in [0.1, 0.15) is 0 Å². The number of amides is 2. The highest BCUT2D eigenvalue weighted by Crippen LogP contribution is 1.95. The van der Waals surface area contributed by atoms with Crippen LogP contribution < -0.4 is 0 Å². The molecule has 1 N–H and O–H groups in total. The summed E-state index contributed by atoms with van der Waals surface area (Å²) in [5.41, 5.74) is 0. The molecule has 0 saturated heterocycles. The van der Waals surface area contributed by atoms with Gasteiger partial charge in [-0.3, -0.25) is 9.59 Å². The molecule has 5 heteroatoms. The molecule has 0 heterocycles. The van der Waals surface area contributed by atoms with Crippen LogP contribution in [-0.4, -0.2) is 61.0 Å². The monoisotopic (exact) mass is 202 g/mol. The zero-order valence-corrected chi connectivity index (χ0v) is 8.99. The first kappa shape index (κ1) is 12.9. The van der Waals surface area contributed by atoms with E-state index < -0.39 is 0 Å². The van der Waals surface area contributed by atoms with Crippen LogP contribution in [0.1, 0.15) is 12.8 Å². The number of carbonyl (C=O) groups excluding carboxylic acids is 2. The minimum absolute atomic E-state index is 0.00120. The molecule has 82 valence electrons. The Balaban J connectivity index is 3.89. The fourth-order valence-electron chi connectivity index (χ4n) is 0.854. The highest BCUT2D eigenvalue weighted by molar-refractivity contribution is 5.84. The molecule has 0 aromatic carbocycles. The van der Waals surface area contributed by atoms with Gasteiger partial charge in [-0.15, -0.1) is 0 Å². The molecule has 0 saturated carbocycles. The number of hydrogen-bond donors (Lipinski definition) is 1. The maximum Gasteiger partial charge on any atom is 0.241 e. The number of aliphatic hydroxyl groups excluding tert-OH is 1. The number of carbonyl (C=O) groups is 2. The second-order valence-corrected chi connectivity index (χ2v) is 3.37. The molecular weight excluding hydrogens is 184 g/mol. The van der Waals surface area contributed by atoms with Gasteiger partial charge in [0.25, 0.3) is 0 Å². The molecule has 0 aliphatic carbocycles. The molecule has 5 nitrogen and oxygen atoms in total. The normalized spacial score (nSPS) is 9.71. The van der Waals surface area contributed by atoms with Gasteiger partial charge in [-0.1, -0.05) is 0 Å². The largest absolute Gasteiger partial charge is 0.396 e. The Morgan fingerprint density at radius 2 is 1.71 bits per heavy atom. The lowest BCUT2D eigenvalue weighted by molar-refractivity contribution is -0.138. The zero-order chi connectivity index (χ0) is 11.1. The summed E-state index contributed by atoms with van der Waals surface area (Å²) in [5, 5.41) is 8.52. The van der Waals surface area contributed by atoms with Crippen LogP contribution >= 0.6 is 0 Å². The van der Waals surface area contributed by atoms with Crippen molar-refractivity contribution in [2.24, 2.45) is 0 Å². The van der Waals surface area contributed by atoms with E-state index >= 15 is 0 Å². The molecule has 0 fully saturated rings. The van der Waals surface area contributed by atoms with Crippen LogP contribution in [0.4, 0.5) is 0 Å². The summed E-state index contributed by atoms with van der Waals surface area (Å²) >= 11 is 0. The Morgan fingerprint density at radius 3 is 2.14 bits per heavy atom. The quantitative estimate of drug-likeness (QED) is 0.641. The second-order valence-electron chi connectivity index (χ2n) is 3.37. The van der Waals surface area contributed by atoms with E-state index in [1.54, 1.807) is 21.1 Å². The Hall–Kier alpha value is -1.10. The Bertz CT molecular complexity index is 204. The van der Waals surface area contributed by atoms with Crippen molar-refractivity contribution < 1.29 is 14.7 Å². The molecular formula is C9H18N2O3. The number of aliphatic hydroxyl groups is 1. The third kappa shape index (κ3) is 4.81. The summed E-state index contributed by atoms with van der Waals surface area (Å²) in [6.07, 6.45) is 0.729. The van der Waals surface area contributed by atoms with Crippen molar-refractivity contribution in [2.75, 3.05) is 34.3 Å². The van der Waals surface area contributed by atoms with Crippen molar-refractivity contribution >= 4 is 11.8 Å². The highest BCUT2D eigenvalue weighted by Gasteiger charge is 2.13. The first-order chi connectivity index (χ1) is 6.49. The summed E-state index contributed by atoms with van der Waals surface area (Å²) in [7, 11) is 4.88. The number of nitrogens with zero attached hydrogens (tertiary/aromatic N) is 2. The van der Waals surface area contributed by atoms with Crippen molar-refractivity contribution in [1.82, 2.24) is 9.80 Å². The van der Waals surface area contributed by atoms with Gasteiger partial charge in [-0.05, 0) is 6.42 Å². The molecule has 0 aliphatic heterocycles. The van der Waals surface area contributed by atoms with Crippen LogP contribution in [0.15, 0.2) is 0 Å². The highest BCUT2D eigenvalue weighted by atomic mass is 16.3. The van der Waals surface area contributed by atoms with Gasteiger partial charge in [-0.25, -0.2) is 0 Å². The van der Waals surface area contributed by atoms with Gasteiger partial charge in [0.15, 0.2) is 0 Å². The molecule has 14 heavy (non-hydrogen) atoms. The van der Waals surface area contributed by atoms with Gasteiger partial charge >= 0.3 is 0 Å². The molecule has 0 unspecified atom stereocenters. The van der Waals surface area contributed by atoms with E-state index in [2.05, 4.69) is 0 Å². The van der Waals surface area contributed by atoms with Crippen LogP contribution in [-0.2, 0) is 9.59 Å². The van der Waals surface area contributed by atoms with E-state index in [0.717, 1.165) is 0 Å². The molecule has 0 aliphatic rings. The van der Waals surface area contributed by atoms with Gasteiger partial charge in [0.05, 0.1) is 6.54 Å². The summed E-state index contributed by atoms with van der Waals surface area (Å²) in [5.74, 6) is -0.223. The number of rotatable bonds is 5. The standard InChI is InChI=1S/C9H18N2O3/c1-10(2)9(14)7-11(3)8(13)5-4-6-12/h12H,4-7H2,1-3H3. The summed E-state index contributed by atoms with van der Waals surface area (Å²) in [4.78, 5) is 25.3. The SMILES string of the molecule is CN(C)C(=O)CN(C)C(=O)CCCO. The van der Waals surface area contributed by atoms with Gasteiger partial charge in [-0.2, -0.15) is 0 Å². The van der Waals surface area contributed by atoms with Gasteiger partial charge in [0.2, 0.25) is 11.8 Å². The zero-order valence-electron chi connectivity index (χ0n) is 8.99. The number of hydrogen-bond acceptors (Lipinski definition) is 3. The molecule has 2 amide bonds. The maximum atomic E-state index is 11.3. The van der Waals surface area contributed by atoms with E-state index in [9.17, 15) is 9.59 Å². The molecule has 0 aromatic heterocycles. The Morgan fingerprint density at radius 1 is 1.14 bits per heavy atom. The average Bonchev–Trinajstić information content (AvgIpc) is 2.13. The van der Waals surface area contributed by atoms with Crippen LogP contribution in [0.3, 0.4) is 0 Å². The van der Waals surface area contributed by atoms with Crippen LogP contribution in [0.2, 0.25) is 0 Å². The molecule has 0 atom stereocenters. The van der Waals surface area contributed by atoms with E-state index in [4.69, 9.17) is 5.11 Å². The summed E-state index contributed by atoms with van der Waals surface area (Å²) in [6, 6.07) is 0. The molecule has 0 spiro atoms. The average molecular weight is 202 g/mol. The predicted octanol–water partition coefficient (Wildman–Crippen LogP) is -0.694. The molecule has 0 aromatic rings. The topological polar surface area (TPSA) is 60.9 Å². The fraction of sp³-hybridized carbons (Fsp3) is 0.778. The lowest BCUT2D eigenvalue weighted by atomic mass is 10.3. The van der Waals surface area contributed by atoms with Gasteiger partial charge in [0, 0.05) is 34.2 Å². The minimum atomic E-state index is -0.116. The van der Waals surface area contributed by atoms with Crippen molar-refractivity contribution in [2.45, 2.75) is 12.8 Å². The van der Waals surface area contributed by atoms with E-state index in [1.807, 2.05) is 0 Å². The van der Waals surface area contributed by atoms with Crippen LogP contribution in [0, 0.1) is 0 Å². The third-order valence-corrected chi connectivity index (χ3v) is 1.85. The maximum absolute atomic E-state index is 11.3. The summed E-state index contributed by atoms with van der Waals surface area (Å²) < 4.78 is 0. The Labute approximate surface area is 84.3 Å². The first-order valence-corrected chi connectivity index (χ1v) is 4.54. The predicted molar refractivity (Wildman–Crippen MR) is 52.7 cm³/mol. The van der Waals surface area contributed by atoms with Crippen molar-refractivity contribution in [3.8, 4) is 0 Å². The van der Waals surface area contributed by atoms with Crippen molar-refractivity contribution in [1.29, 1.82) is 0 Å². The van der Waals surface area contributed by atoms with Crippen LogP contribution in [0.5, 0.6) is 0 Å². The minimum Gasteiger partial charge on any atom is -0.396 e. The lowest BCUT2D eigenvalue weighted by Gasteiger charge is -2.18. The van der Waals surface area contributed by atoms with Crippen molar-refractivity contribution in [3.05, 3.63) is 0 Å².